The fourth-order valence-electron chi connectivity index (χ4n) is 7.80. The van der Waals surface area contributed by atoms with E-state index in [1.807, 2.05) is 17.9 Å². The van der Waals surface area contributed by atoms with Gasteiger partial charge in [-0.3, -0.25) is 34.8 Å². The summed E-state index contributed by atoms with van der Waals surface area (Å²) in [5.74, 6) is -3.86. The normalized spacial score (nSPS) is 17.5. The molecule has 0 spiro atoms. The van der Waals surface area contributed by atoms with Gasteiger partial charge >= 0.3 is 30.6 Å². The summed E-state index contributed by atoms with van der Waals surface area (Å²) >= 11 is 0. The van der Waals surface area contributed by atoms with Gasteiger partial charge in [-0.25, -0.2) is 29.5 Å². The van der Waals surface area contributed by atoms with Crippen molar-refractivity contribution in [3.63, 3.8) is 0 Å². The summed E-state index contributed by atoms with van der Waals surface area (Å²) in [4.78, 5) is 102. The third-order valence-electron chi connectivity index (χ3n) is 11.3. The van der Waals surface area contributed by atoms with E-state index in [1.165, 1.54) is 40.3 Å². The van der Waals surface area contributed by atoms with Gasteiger partial charge in [0.05, 0.1) is 35.3 Å². The van der Waals surface area contributed by atoms with Gasteiger partial charge < -0.3 is 14.5 Å². The number of nitrogens with one attached hydrogen (secondary N) is 2. The minimum Gasteiger partial charge on any atom is -0.429 e. The molecule has 4 atom stereocenters. The molecular formula is C43H42F6N10O8. The number of hydrogen-bond acceptors (Lipinski definition) is 14. The van der Waals surface area contributed by atoms with Crippen LogP contribution in [0.15, 0.2) is 60.9 Å². The van der Waals surface area contributed by atoms with E-state index >= 15 is 0 Å². The van der Waals surface area contributed by atoms with Crippen LogP contribution in [0.1, 0.15) is 66.1 Å². The van der Waals surface area contributed by atoms with Crippen molar-refractivity contribution in [1.82, 2.24) is 19.9 Å². The highest BCUT2D eigenvalue weighted by Crippen LogP contribution is 2.41. The highest BCUT2D eigenvalue weighted by Gasteiger charge is 2.43. The molecule has 8 rings (SSSR count). The second-order valence-electron chi connectivity index (χ2n) is 16.0. The lowest BCUT2D eigenvalue weighted by atomic mass is 10.0. The van der Waals surface area contributed by atoms with Crippen LogP contribution >= 0.6 is 0 Å². The standard InChI is InChI=1S/C21H20F3N5O4.C21H22F3N5O2.CO2/c1-12(21(22,23)24)8-17(31)15-2-3-16-19(26-15)29(13-5-7-28(16)10-13)20(32)27-18-9-14(33-11-30)4-6-25-18;1-12-5-7-25-18(9-12)27-20(31)29-14-6-8-28(11-14)16-4-3-15(26-19(16)29)17(30)10-13(2)21(22,23)24;2-1-3/h2-4,6,9,11-13H,5,7-8,10H2,1H3,(H,25,27,32);3-5,7,9,13-14H,6,8,10-11H2,1-2H3,(H,25,27,31);/t12-,13-;13-,14-;/m00./s1. The Labute approximate surface area is 377 Å². The van der Waals surface area contributed by atoms with Gasteiger partial charge in [-0.15, -0.1) is 0 Å². The number of aromatic nitrogens is 4. The zero-order valence-electron chi connectivity index (χ0n) is 35.9. The van der Waals surface area contributed by atoms with Gasteiger partial charge in [-0.05, 0) is 67.8 Å². The fourth-order valence-corrected chi connectivity index (χ4v) is 7.80. The maximum Gasteiger partial charge on any atom is 0.391 e. The average molecular weight is 941 g/mol. The number of nitrogens with zero attached hydrogens (tertiary/aromatic N) is 8. The number of anilines is 6. The molecule has 0 aromatic carbocycles. The van der Waals surface area contributed by atoms with E-state index in [-0.39, 0.29) is 59.3 Å². The molecule has 2 fully saturated rings. The molecule has 2 N–H and O–H groups in total. The van der Waals surface area contributed by atoms with Gasteiger partial charge in [0.25, 0.3) is 6.47 Å². The number of alkyl halides is 6. The number of fused-ring (bicyclic) bond motifs is 8. The number of pyridine rings is 4. The molecule has 4 aliphatic rings. The van der Waals surface area contributed by atoms with Crippen LogP contribution in [0.3, 0.4) is 0 Å². The van der Waals surface area contributed by atoms with Crippen molar-refractivity contribution < 1.29 is 64.6 Å². The molecule has 0 radical (unpaired) electrons. The Bertz CT molecular complexity index is 2560. The van der Waals surface area contributed by atoms with Gasteiger partial charge in [0.2, 0.25) is 0 Å². The molecule has 18 nitrogen and oxygen atoms in total. The zero-order valence-corrected chi connectivity index (χ0v) is 35.9. The Kier molecular flexibility index (Phi) is 14.9. The first kappa shape index (κ1) is 49.0. The third-order valence-corrected chi connectivity index (χ3v) is 11.3. The Morgan fingerprint density at radius 3 is 1.58 bits per heavy atom. The number of halogens is 6. The third kappa shape index (κ3) is 11.5. The van der Waals surface area contributed by atoms with Gasteiger partial charge in [0, 0.05) is 57.5 Å². The number of Topliss-reactive ketones (excluding diaryl/α,β-unsaturated/α-hetero) is 2. The van der Waals surface area contributed by atoms with Crippen molar-refractivity contribution >= 4 is 70.9 Å². The topological polar surface area (TPSA) is 217 Å². The number of amides is 4. The number of aryl methyl sites for hydroxylation is 1. The molecule has 8 heterocycles. The van der Waals surface area contributed by atoms with E-state index in [2.05, 4.69) is 35.5 Å². The van der Waals surface area contributed by atoms with E-state index in [0.29, 0.717) is 43.2 Å². The first-order valence-electron chi connectivity index (χ1n) is 20.6. The lowest BCUT2D eigenvalue weighted by Gasteiger charge is -2.35. The first-order chi connectivity index (χ1) is 31.7. The van der Waals surface area contributed by atoms with E-state index in [9.17, 15) is 50.3 Å². The molecular weight excluding hydrogens is 899 g/mol. The van der Waals surface area contributed by atoms with Gasteiger partial charge in [0.15, 0.2) is 23.2 Å². The van der Waals surface area contributed by atoms with E-state index in [1.54, 1.807) is 24.4 Å². The Morgan fingerprint density at radius 1 is 0.731 bits per heavy atom. The number of ether oxygens (including phenoxy) is 1. The first-order valence-corrected chi connectivity index (χ1v) is 20.6. The number of ketones is 2. The molecule has 67 heavy (non-hydrogen) atoms. The van der Waals surface area contributed by atoms with Crippen LogP contribution in [-0.2, 0) is 14.4 Å². The Balaban J connectivity index is 0.000000209. The van der Waals surface area contributed by atoms with Crippen molar-refractivity contribution in [1.29, 1.82) is 0 Å². The summed E-state index contributed by atoms with van der Waals surface area (Å²) in [6.07, 6.45) is -5.81. The van der Waals surface area contributed by atoms with E-state index in [0.717, 1.165) is 32.4 Å². The predicted octanol–water partition coefficient (Wildman–Crippen LogP) is 7.02. The summed E-state index contributed by atoms with van der Waals surface area (Å²) in [5, 5.41) is 5.38. The fraction of sp³-hybridized carbons (Fsp3) is 0.395. The smallest absolute Gasteiger partial charge is 0.391 e. The lowest BCUT2D eigenvalue weighted by Crippen LogP contribution is -2.48. The largest absolute Gasteiger partial charge is 0.429 e. The molecule has 4 aliphatic heterocycles. The van der Waals surface area contributed by atoms with Crippen LogP contribution in [0.2, 0.25) is 0 Å². The SMILES string of the molecule is C[C@@H](CC(=O)c1ccc2c(n1)N(C(=O)Nc1cc(OC=O)ccn1)[C@H]1CCN2C1)C(F)(F)F.Cc1ccnc(NC(=O)N2c3nc(C(=O)C[C@H](C)C(F)(F)F)ccc3N3CC[C@H]2C3)c1.O=C=O. The Morgan fingerprint density at radius 2 is 1.16 bits per heavy atom. The molecule has 354 valence electrons. The highest BCUT2D eigenvalue weighted by atomic mass is 19.4. The van der Waals surface area contributed by atoms with Gasteiger partial charge in [-0.2, -0.15) is 35.9 Å². The predicted molar refractivity (Wildman–Crippen MR) is 226 cm³/mol. The molecule has 24 heteroatoms. The van der Waals surface area contributed by atoms with Crippen LogP contribution in [0, 0.1) is 18.8 Å². The second-order valence-corrected chi connectivity index (χ2v) is 16.0. The van der Waals surface area contributed by atoms with Crippen molar-refractivity contribution in [2.45, 2.75) is 70.9 Å². The molecule has 0 saturated carbocycles. The van der Waals surface area contributed by atoms with Crippen LogP contribution < -0.4 is 35.0 Å². The molecule has 4 aromatic heterocycles. The summed E-state index contributed by atoms with van der Waals surface area (Å²) < 4.78 is 82.0. The number of urea groups is 2. The van der Waals surface area contributed by atoms with Crippen molar-refractivity contribution in [2.24, 2.45) is 11.8 Å². The summed E-state index contributed by atoms with van der Waals surface area (Å²) in [6.45, 7) is 6.62. The van der Waals surface area contributed by atoms with Crippen molar-refractivity contribution in [3.05, 3.63) is 77.9 Å². The van der Waals surface area contributed by atoms with Crippen molar-refractivity contribution in [3.8, 4) is 5.75 Å². The quantitative estimate of drug-likeness (QED) is 0.0929. The number of carbonyl (C=O) groups is 5. The van der Waals surface area contributed by atoms with Crippen LogP contribution in [0.4, 0.5) is 70.6 Å². The van der Waals surface area contributed by atoms with Crippen LogP contribution in [0.5, 0.6) is 5.75 Å². The maximum atomic E-state index is 13.1. The summed E-state index contributed by atoms with van der Waals surface area (Å²) in [6, 6.07) is 11.0. The summed E-state index contributed by atoms with van der Waals surface area (Å²) in [7, 11) is 0. The molecule has 4 aromatic rings. The zero-order chi connectivity index (χ0) is 48.8. The molecule has 0 aliphatic carbocycles. The van der Waals surface area contributed by atoms with Crippen LogP contribution in [0.25, 0.3) is 0 Å². The Hall–Kier alpha value is -7.49. The monoisotopic (exact) mass is 940 g/mol. The van der Waals surface area contributed by atoms with Gasteiger partial charge in [0.1, 0.15) is 28.8 Å². The van der Waals surface area contributed by atoms with Crippen molar-refractivity contribution in [2.75, 3.05) is 56.4 Å². The molecule has 0 unspecified atom stereocenters. The minimum atomic E-state index is -4.49. The molecule has 2 saturated heterocycles. The number of carbonyl (C=O) groups excluding carboxylic acids is 7. The average Bonchev–Trinajstić information content (AvgIpc) is 3.88. The highest BCUT2D eigenvalue weighted by molar-refractivity contribution is 6.06. The van der Waals surface area contributed by atoms with E-state index < -0.39 is 60.7 Å². The van der Waals surface area contributed by atoms with Crippen LogP contribution in [-0.4, -0.2) is 107 Å². The van der Waals surface area contributed by atoms with E-state index in [4.69, 9.17) is 14.3 Å². The molecule has 4 amide bonds. The maximum absolute atomic E-state index is 13.1. The lowest BCUT2D eigenvalue weighted by molar-refractivity contribution is -0.191. The second kappa shape index (κ2) is 20.4. The number of hydrogen-bond donors (Lipinski definition) is 2. The number of rotatable bonds is 10. The molecule has 4 bridgehead atoms. The minimum absolute atomic E-state index is 0.0798. The van der Waals surface area contributed by atoms with Gasteiger partial charge in [-0.1, -0.05) is 13.8 Å². The summed E-state index contributed by atoms with van der Waals surface area (Å²) in [5.41, 5.74) is 2.02.